The van der Waals surface area contributed by atoms with Crippen molar-refractivity contribution in [3.63, 3.8) is 0 Å². The second-order valence-electron chi connectivity index (χ2n) is 6.59. The van der Waals surface area contributed by atoms with E-state index in [1.54, 1.807) is 13.0 Å². The highest BCUT2D eigenvalue weighted by Crippen LogP contribution is 2.27. The van der Waals surface area contributed by atoms with E-state index in [1.807, 2.05) is 30.3 Å². The zero-order chi connectivity index (χ0) is 18.1. The van der Waals surface area contributed by atoms with Gasteiger partial charge < -0.3 is 9.73 Å². The maximum Gasteiger partial charge on any atom is 0.252 e. The molecule has 3 aromatic rings. The summed E-state index contributed by atoms with van der Waals surface area (Å²) in [7, 11) is 2.06. The molecule has 132 valence electrons. The first kappa shape index (κ1) is 16.5. The summed E-state index contributed by atoms with van der Waals surface area (Å²) in [5, 5.41) is 11.1. The molecule has 2 heterocycles. The molecule has 0 spiro atoms. The highest BCUT2D eigenvalue weighted by atomic mass is 16.4. The highest BCUT2D eigenvalue weighted by molar-refractivity contribution is 6.00. The molecule has 1 unspecified atom stereocenters. The minimum Gasteiger partial charge on any atom is -0.421 e. The summed E-state index contributed by atoms with van der Waals surface area (Å²) in [6.07, 6.45) is 0. The summed E-state index contributed by atoms with van der Waals surface area (Å²) in [5.74, 6) is 0.680. The van der Waals surface area contributed by atoms with Gasteiger partial charge in [0.25, 0.3) is 5.91 Å². The van der Waals surface area contributed by atoms with Crippen LogP contribution in [-0.2, 0) is 6.54 Å². The maximum absolute atomic E-state index is 13.0. The quantitative estimate of drug-likeness (QED) is 0.788. The average molecular weight is 348 g/mol. The summed E-state index contributed by atoms with van der Waals surface area (Å²) in [4.78, 5) is 15.2. The molecule has 0 bridgehead atoms. The second kappa shape index (κ2) is 6.72. The van der Waals surface area contributed by atoms with E-state index in [-0.39, 0.29) is 11.9 Å². The molecular weight excluding hydrogens is 328 g/mol. The number of aryl methyl sites for hydroxylation is 1. The van der Waals surface area contributed by atoms with Crippen molar-refractivity contribution in [3.8, 4) is 11.5 Å². The molecule has 0 saturated heterocycles. The highest BCUT2D eigenvalue weighted by Gasteiger charge is 2.26. The Kier molecular flexibility index (Phi) is 4.26. The van der Waals surface area contributed by atoms with Gasteiger partial charge in [0.1, 0.15) is 0 Å². The van der Waals surface area contributed by atoms with E-state index in [2.05, 4.69) is 39.6 Å². The van der Waals surface area contributed by atoms with Crippen molar-refractivity contribution in [1.29, 1.82) is 0 Å². The molecule has 0 aliphatic carbocycles. The van der Waals surface area contributed by atoms with Crippen molar-refractivity contribution in [1.82, 2.24) is 20.4 Å². The lowest BCUT2D eigenvalue weighted by molar-refractivity contribution is 0.0922. The van der Waals surface area contributed by atoms with Gasteiger partial charge in [0, 0.05) is 20.0 Å². The molecule has 1 aliphatic rings. The summed E-state index contributed by atoms with van der Waals surface area (Å²) >= 11 is 0. The first-order valence-corrected chi connectivity index (χ1v) is 8.58. The Bertz CT molecular complexity index is 950. The van der Waals surface area contributed by atoms with Crippen molar-refractivity contribution in [2.45, 2.75) is 19.5 Å². The summed E-state index contributed by atoms with van der Waals surface area (Å²) in [5.41, 5.74) is 3.59. The molecule has 1 amide bonds. The monoisotopic (exact) mass is 348 g/mol. The fourth-order valence-corrected chi connectivity index (χ4v) is 3.42. The van der Waals surface area contributed by atoms with Crippen LogP contribution >= 0.6 is 0 Å². The number of nitrogens with zero attached hydrogens (tertiary/aromatic N) is 3. The topological polar surface area (TPSA) is 71.3 Å². The van der Waals surface area contributed by atoms with Crippen LogP contribution in [0.1, 0.15) is 33.4 Å². The summed E-state index contributed by atoms with van der Waals surface area (Å²) < 4.78 is 5.51. The summed E-state index contributed by atoms with van der Waals surface area (Å²) in [6, 6.07) is 15.5. The van der Waals surface area contributed by atoms with E-state index in [0.29, 0.717) is 22.9 Å². The molecule has 0 saturated carbocycles. The predicted octanol–water partition coefficient (Wildman–Crippen LogP) is 2.96. The Morgan fingerprint density at radius 3 is 2.73 bits per heavy atom. The smallest absolute Gasteiger partial charge is 0.252 e. The third kappa shape index (κ3) is 3.11. The van der Waals surface area contributed by atoms with Crippen molar-refractivity contribution in [3.05, 3.63) is 71.1 Å². The average Bonchev–Trinajstić information content (AvgIpc) is 3.08. The lowest BCUT2D eigenvalue weighted by Crippen LogP contribution is -2.40. The fraction of sp³-hybridized carbons (Fsp3) is 0.250. The van der Waals surface area contributed by atoms with Crippen molar-refractivity contribution >= 4 is 5.91 Å². The molecule has 6 heteroatoms. The minimum absolute atomic E-state index is 0.0603. The zero-order valence-electron chi connectivity index (χ0n) is 14.8. The van der Waals surface area contributed by atoms with Crippen LogP contribution in [0.5, 0.6) is 0 Å². The number of benzene rings is 2. The summed E-state index contributed by atoms with van der Waals surface area (Å²) in [6.45, 7) is 3.39. The largest absolute Gasteiger partial charge is 0.421 e. The molecule has 26 heavy (non-hydrogen) atoms. The standard InChI is InChI=1S/C20H20N4O2/c1-13-22-23-20(26-13)17-10-6-5-9-16(17)19(25)21-18-12-24(2)11-14-7-3-4-8-15(14)18/h3-10,18H,11-12H2,1-2H3,(H,21,25). The first-order valence-electron chi connectivity index (χ1n) is 8.58. The number of amides is 1. The lowest BCUT2D eigenvalue weighted by atomic mass is 9.95. The van der Waals surface area contributed by atoms with Gasteiger partial charge in [0.2, 0.25) is 11.8 Å². The number of likely N-dealkylation sites (N-methyl/N-ethyl adjacent to an activating group) is 1. The molecule has 0 radical (unpaired) electrons. The van der Waals surface area contributed by atoms with E-state index in [9.17, 15) is 4.79 Å². The lowest BCUT2D eigenvalue weighted by Gasteiger charge is -2.32. The van der Waals surface area contributed by atoms with E-state index >= 15 is 0 Å². The maximum atomic E-state index is 13.0. The predicted molar refractivity (Wildman–Crippen MR) is 97.5 cm³/mol. The van der Waals surface area contributed by atoms with Gasteiger partial charge in [0.05, 0.1) is 17.2 Å². The van der Waals surface area contributed by atoms with E-state index < -0.39 is 0 Å². The number of hydrogen-bond acceptors (Lipinski definition) is 5. The van der Waals surface area contributed by atoms with Crippen molar-refractivity contribution in [2.75, 3.05) is 13.6 Å². The molecule has 1 atom stereocenters. The van der Waals surface area contributed by atoms with E-state index in [0.717, 1.165) is 13.1 Å². The van der Waals surface area contributed by atoms with Crippen LogP contribution in [0.2, 0.25) is 0 Å². The number of carbonyl (C=O) groups is 1. The molecule has 2 aromatic carbocycles. The van der Waals surface area contributed by atoms with Gasteiger partial charge in [-0.3, -0.25) is 9.69 Å². The number of carbonyl (C=O) groups excluding carboxylic acids is 1. The van der Waals surface area contributed by atoms with Crippen LogP contribution in [0, 0.1) is 6.92 Å². The van der Waals surface area contributed by atoms with Crippen molar-refractivity contribution < 1.29 is 9.21 Å². The fourth-order valence-electron chi connectivity index (χ4n) is 3.42. The van der Waals surface area contributed by atoms with Crippen LogP contribution in [0.4, 0.5) is 0 Å². The molecular formula is C20H20N4O2. The van der Waals surface area contributed by atoms with Crippen LogP contribution in [0.15, 0.2) is 52.9 Å². The molecule has 6 nitrogen and oxygen atoms in total. The number of hydrogen-bond donors (Lipinski definition) is 1. The van der Waals surface area contributed by atoms with Gasteiger partial charge in [-0.15, -0.1) is 10.2 Å². The van der Waals surface area contributed by atoms with Crippen LogP contribution in [0.25, 0.3) is 11.5 Å². The Balaban J connectivity index is 1.64. The van der Waals surface area contributed by atoms with Crippen LogP contribution in [-0.4, -0.2) is 34.6 Å². The number of fused-ring (bicyclic) bond motifs is 1. The SMILES string of the molecule is Cc1nnc(-c2ccccc2C(=O)NC2CN(C)Cc3ccccc32)o1. The van der Waals surface area contributed by atoms with Gasteiger partial charge >= 0.3 is 0 Å². The van der Waals surface area contributed by atoms with Gasteiger partial charge in [-0.05, 0) is 30.3 Å². The zero-order valence-corrected chi connectivity index (χ0v) is 14.8. The van der Waals surface area contributed by atoms with Gasteiger partial charge in [-0.25, -0.2) is 0 Å². The Hall–Kier alpha value is -2.99. The number of rotatable bonds is 3. The minimum atomic E-state index is -0.147. The third-order valence-electron chi connectivity index (χ3n) is 4.60. The Morgan fingerprint density at radius 2 is 1.92 bits per heavy atom. The third-order valence-corrected chi connectivity index (χ3v) is 4.60. The first-order chi connectivity index (χ1) is 12.6. The Morgan fingerprint density at radius 1 is 1.15 bits per heavy atom. The molecule has 0 fully saturated rings. The Labute approximate surface area is 151 Å². The normalized spacial score (nSPS) is 16.9. The van der Waals surface area contributed by atoms with Gasteiger partial charge in [0.15, 0.2) is 0 Å². The number of nitrogens with one attached hydrogen (secondary N) is 1. The number of aromatic nitrogens is 2. The van der Waals surface area contributed by atoms with Crippen LogP contribution in [0.3, 0.4) is 0 Å². The van der Waals surface area contributed by atoms with E-state index in [4.69, 9.17) is 4.42 Å². The molecule has 1 N–H and O–H groups in total. The second-order valence-corrected chi connectivity index (χ2v) is 6.59. The molecule has 1 aliphatic heterocycles. The van der Waals surface area contributed by atoms with Crippen molar-refractivity contribution in [2.24, 2.45) is 0 Å². The molecule has 1 aromatic heterocycles. The van der Waals surface area contributed by atoms with Gasteiger partial charge in [-0.1, -0.05) is 36.4 Å². The van der Waals surface area contributed by atoms with Gasteiger partial charge in [-0.2, -0.15) is 0 Å². The van der Waals surface area contributed by atoms with E-state index in [1.165, 1.54) is 11.1 Å². The molecule has 4 rings (SSSR count). The van der Waals surface area contributed by atoms with Crippen LogP contribution < -0.4 is 5.32 Å².